The molecule has 3 aromatic rings. The molecule has 0 fully saturated rings. The van der Waals surface area contributed by atoms with Crippen molar-refractivity contribution < 1.29 is 9.53 Å². The molecule has 1 heterocycles. The molecule has 116 valence electrons. The third kappa shape index (κ3) is 3.55. The molecule has 1 aromatic heterocycles. The normalized spacial score (nSPS) is 10.5. The van der Waals surface area contributed by atoms with E-state index in [1.165, 1.54) is 0 Å². The number of carbonyl (C=O) groups is 1. The highest BCUT2D eigenvalue weighted by molar-refractivity contribution is 6.35. The number of nitrogens with zero attached hydrogens (tertiary/aromatic N) is 2. The smallest absolute Gasteiger partial charge is 0.338 e. The van der Waals surface area contributed by atoms with Gasteiger partial charge < -0.3 is 4.74 Å². The molecule has 0 aliphatic carbocycles. The Morgan fingerprint density at radius 1 is 1.04 bits per heavy atom. The number of rotatable bonds is 4. The summed E-state index contributed by atoms with van der Waals surface area (Å²) in [5.74, 6) is -0.437. The molecule has 0 saturated carbocycles. The number of carbonyl (C=O) groups excluding carboxylic acids is 1. The van der Waals surface area contributed by atoms with Crippen molar-refractivity contribution in [3.8, 4) is 5.69 Å². The van der Waals surface area contributed by atoms with Gasteiger partial charge in [-0.2, -0.15) is 5.10 Å². The third-order valence-corrected chi connectivity index (χ3v) is 3.99. The molecule has 0 amide bonds. The quantitative estimate of drug-likeness (QED) is 0.651. The van der Waals surface area contributed by atoms with Gasteiger partial charge in [0.05, 0.1) is 11.3 Å². The Labute approximate surface area is 143 Å². The first kappa shape index (κ1) is 15.6. The second-order valence-corrected chi connectivity index (χ2v) is 5.59. The first-order valence-electron chi connectivity index (χ1n) is 6.85. The summed E-state index contributed by atoms with van der Waals surface area (Å²) in [6.07, 6.45) is 3.52. The van der Waals surface area contributed by atoms with Crippen LogP contribution < -0.4 is 0 Å². The minimum absolute atomic E-state index is 0.0260. The maximum absolute atomic E-state index is 12.1. The topological polar surface area (TPSA) is 44.1 Å². The molecule has 0 aliphatic heterocycles. The molecule has 23 heavy (non-hydrogen) atoms. The maximum atomic E-state index is 12.1. The first-order chi connectivity index (χ1) is 11.1. The largest absolute Gasteiger partial charge is 0.457 e. The average Bonchev–Trinajstić information content (AvgIpc) is 3.09. The summed E-state index contributed by atoms with van der Waals surface area (Å²) in [5.41, 5.74) is 1.90. The number of ether oxygens (including phenoxy) is 1. The lowest BCUT2D eigenvalue weighted by molar-refractivity contribution is 0.0473. The molecular formula is C17H12Cl2N2O2. The van der Waals surface area contributed by atoms with Crippen molar-refractivity contribution in [1.82, 2.24) is 9.78 Å². The monoisotopic (exact) mass is 346 g/mol. The van der Waals surface area contributed by atoms with Crippen LogP contribution in [0.1, 0.15) is 15.9 Å². The third-order valence-electron chi connectivity index (χ3n) is 3.28. The summed E-state index contributed by atoms with van der Waals surface area (Å²) in [5, 5.41) is 5.07. The lowest BCUT2D eigenvalue weighted by atomic mass is 10.2. The van der Waals surface area contributed by atoms with Crippen LogP contribution in [-0.2, 0) is 11.3 Å². The standard InChI is InChI=1S/C17H12Cl2N2O2/c18-15-3-1-4-16(19)14(15)11-23-17(22)12-5-7-13(8-6-12)21-10-2-9-20-21/h1-10H,11H2. The van der Waals surface area contributed by atoms with E-state index >= 15 is 0 Å². The summed E-state index contributed by atoms with van der Waals surface area (Å²) in [6, 6.07) is 13.9. The summed E-state index contributed by atoms with van der Waals surface area (Å²) >= 11 is 12.1. The van der Waals surface area contributed by atoms with E-state index in [-0.39, 0.29) is 6.61 Å². The van der Waals surface area contributed by atoms with Crippen LogP contribution >= 0.6 is 23.2 Å². The van der Waals surface area contributed by atoms with Gasteiger partial charge in [0.2, 0.25) is 0 Å². The summed E-state index contributed by atoms with van der Waals surface area (Å²) < 4.78 is 6.98. The van der Waals surface area contributed by atoms with Crippen LogP contribution in [0.5, 0.6) is 0 Å². The van der Waals surface area contributed by atoms with Crippen molar-refractivity contribution in [2.24, 2.45) is 0 Å². The maximum Gasteiger partial charge on any atom is 0.338 e. The Morgan fingerprint density at radius 3 is 2.35 bits per heavy atom. The van der Waals surface area contributed by atoms with Gasteiger partial charge in [0.15, 0.2) is 0 Å². The fraction of sp³-hybridized carbons (Fsp3) is 0.0588. The van der Waals surface area contributed by atoms with E-state index in [2.05, 4.69) is 5.10 Å². The number of benzene rings is 2. The van der Waals surface area contributed by atoms with E-state index in [0.29, 0.717) is 21.2 Å². The minimum atomic E-state index is -0.437. The molecule has 0 atom stereocenters. The first-order valence-corrected chi connectivity index (χ1v) is 7.61. The summed E-state index contributed by atoms with van der Waals surface area (Å²) in [4.78, 5) is 12.1. The number of aromatic nitrogens is 2. The van der Waals surface area contributed by atoms with Crippen molar-refractivity contribution >= 4 is 29.2 Å². The highest BCUT2D eigenvalue weighted by Crippen LogP contribution is 2.25. The second-order valence-electron chi connectivity index (χ2n) is 4.77. The summed E-state index contributed by atoms with van der Waals surface area (Å²) in [6.45, 7) is 0.0260. The van der Waals surface area contributed by atoms with Gasteiger partial charge in [0.1, 0.15) is 6.61 Å². The highest BCUT2D eigenvalue weighted by atomic mass is 35.5. The number of hydrogen-bond donors (Lipinski definition) is 0. The van der Waals surface area contributed by atoms with Crippen molar-refractivity contribution in [2.75, 3.05) is 0 Å². The Kier molecular flexibility index (Phi) is 4.65. The van der Waals surface area contributed by atoms with Crippen LogP contribution in [0, 0.1) is 0 Å². The highest BCUT2D eigenvalue weighted by Gasteiger charge is 2.11. The fourth-order valence-corrected chi connectivity index (χ4v) is 2.57. The van der Waals surface area contributed by atoms with Crippen LogP contribution in [0.15, 0.2) is 60.9 Å². The molecule has 3 rings (SSSR count). The van der Waals surface area contributed by atoms with Gasteiger partial charge in [-0.15, -0.1) is 0 Å². The molecule has 0 aliphatic rings. The molecular weight excluding hydrogens is 335 g/mol. The van der Waals surface area contributed by atoms with Gasteiger partial charge in [-0.05, 0) is 42.5 Å². The van der Waals surface area contributed by atoms with Gasteiger partial charge >= 0.3 is 5.97 Å². The zero-order valence-electron chi connectivity index (χ0n) is 11.9. The lowest BCUT2D eigenvalue weighted by Gasteiger charge is -2.09. The number of halogens is 2. The van der Waals surface area contributed by atoms with Crippen molar-refractivity contribution in [1.29, 1.82) is 0 Å². The SMILES string of the molecule is O=C(OCc1c(Cl)cccc1Cl)c1ccc(-n2cccn2)cc1. The van der Waals surface area contributed by atoms with E-state index < -0.39 is 5.97 Å². The van der Waals surface area contributed by atoms with Gasteiger partial charge in [-0.1, -0.05) is 29.3 Å². The van der Waals surface area contributed by atoms with Gasteiger partial charge in [-0.3, -0.25) is 0 Å². The van der Waals surface area contributed by atoms with Crippen LogP contribution in [0.4, 0.5) is 0 Å². The molecule has 0 saturated heterocycles. The van der Waals surface area contributed by atoms with Gasteiger partial charge in [0, 0.05) is 28.0 Å². The molecule has 2 aromatic carbocycles. The minimum Gasteiger partial charge on any atom is -0.457 e. The Hall–Kier alpha value is -2.30. The van der Waals surface area contributed by atoms with Crippen LogP contribution in [0.3, 0.4) is 0 Å². The van der Waals surface area contributed by atoms with Crippen molar-refractivity contribution in [2.45, 2.75) is 6.61 Å². The van der Waals surface area contributed by atoms with Crippen LogP contribution in [-0.4, -0.2) is 15.7 Å². The van der Waals surface area contributed by atoms with E-state index in [4.69, 9.17) is 27.9 Å². The molecule has 4 nitrogen and oxygen atoms in total. The number of esters is 1. The molecule has 0 spiro atoms. The van der Waals surface area contributed by atoms with E-state index in [9.17, 15) is 4.79 Å². The predicted octanol–water partition coefficient (Wildman–Crippen LogP) is 4.54. The molecule has 0 bridgehead atoms. The molecule has 0 radical (unpaired) electrons. The zero-order chi connectivity index (χ0) is 16.2. The van der Waals surface area contributed by atoms with E-state index in [1.807, 2.05) is 12.3 Å². The van der Waals surface area contributed by atoms with E-state index in [1.54, 1.807) is 53.3 Å². The Balaban J connectivity index is 1.69. The zero-order valence-corrected chi connectivity index (χ0v) is 13.5. The second kappa shape index (κ2) is 6.86. The van der Waals surface area contributed by atoms with E-state index in [0.717, 1.165) is 5.69 Å². The van der Waals surface area contributed by atoms with Crippen molar-refractivity contribution in [3.63, 3.8) is 0 Å². The van der Waals surface area contributed by atoms with Gasteiger partial charge in [0.25, 0.3) is 0 Å². The predicted molar refractivity (Wildman–Crippen MR) is 89.1 cm³/mol. The van der Waals surface area contributed by atoms with Crippen molar-refractivity contribution in [3.05, 3.63) is 82.1 Å². The average molecular weight is 347 g/mol. The van der Waals surface area contributed by atoms with Gasteiger partial charge in [-0.25, -0.2) is 9.48 Å². The molecule has 0 N–H and O–H groups in total. The van der Waals surface area contributed by atoms with Crippen LogP contribution in [0.2, 0.25) is 10.0 Å². The lowest BCUT2D eigenvalue weighted by Crippen LogP contribution is -2.06. The molecule has 0 unspecified atom stereocenters. The summed E-state index contributed by atoms with van der Waals surface area (Å²) in [7, 11) is 0. The van der Waals surface area contributed by atoms with Crippen LogP contribution in [0.25, 0.3) is 5.69 Å². The molecule has 6 heteroatoms. The Morgan fingerprint density at radius 2 is 1.74 bits per heavy atom. The Bertz CT molecular complexity index is 795. The number of hydrogen-bond acceptors (Lipinski definition) is 3. The fourth-order valence-electron chi connectivity index (χ4n) is 2.06.